The first-order valence-electron chi connectivity index (χ1n) is 6.71. The van der Waals surface area contributed by atoms with Crippen LogP contribution in [-0.4, -0.2) is 47.3 Å². The summed E-state index contributed by atoms with van der Waals surface area (Å²) in [5.41, 5.74) is 0. The van der Waals surface area contributed by atoms with Crippen molar-refractivity contribution in [3.8, 4) is 0 Å². The molecule has 1 N–H and O–H groups in total. The summed E-state index contributed by atoms with van der Waals surface area (Å²) in [5.74, 6) is -0.0766. The molecule has 0 aromatic rings. The Morgan fingerprint density at radius 3 is 2.88 bits per heavy atom. The summed E-state index contributed by atoms with van der Waals surface area (Å²) in [4.78, 5) is 13.9. The van der Waals surface area contributed by atoms with Crippen LogP contribution in [0.5, 0.6) is 0 Å². The normalized spacial score (nSPS) is 37.1. The number of likely N-dealkylation sites (N-methyl/N-ethyl adjacent to an activating group) is 1. The van der Waals surface area contributed by atoms with Gasteiger partial charge in [0.1, 0.15) is 6.10 Å². The standard InChI is InChI=1S/C13H23NO3/c1-3-4-5-13(16)17-12-7-9-6-10(15)8-11(12)14(9)2/h9-12,15H,3-8H2,1-2H3/t9-,10?,11+,12?/m0/s1. The molecule has 4 heteroatoms. The molecule has 2 saturated heterocycles. The molecule has 4 atom stereocenters. The van der Waals surface area contributed by atoms with Crippen LogP contribution >= 0.6 is 0 Å². The molecule has 2 aliphatic rings. The molecule has 2 unspecified atom stereocenters. The Morgan fingerprint density at radius 1 is 1.41 bits per heavy atom. The zero-order valence-corrected chi connectivity index (χ0v) is 10.8. The number of hydrogen-bond acceptors (Lipinski definition) is 4. The van der Waals surface area contributed by atoms with Gasteiger partial charge in [-0.3, -0.25) is 9.69 Å². The predicted octanol–water partition coefficient (Wildman–Crippen LogP) is 1.32. The Bertz CT molecular complexity index is 282. The van der Waals surface area contributed by atoms with Gasteiger partial charge in [-0.1, -0.05) is 13.3 Å². The zero-order valence-electron chi connectivity index (χ0n) is 10.8. The average molecular weight is 241 g/mol. The lowest BCUT2D eigenvalue weighted by Gasteiger charge is -2.34. The lowest BCUT2D eigenvalue weighted by Crippen LogP contribution is -2.44. The summed E-state index contributed by atoms with van der Waals surface area (Å²) in [5, 5.41) is 9.73. The Morgan fingerprint density at radius 2 is 2.18 bits per heavy atom. The van der Waals surface area contributed by atoms with Crippen molar-refractivity contribution >= 4 is 5.97 Å². The number of esters is 1. The van der Waals surface area contributed by atoms with Gasteiger partial charge in [0.25, 0.3) is 0 Å². The molecule has 2 rings (SSSR count). The van der Waals surface area contributed by atoms with E-state index >= 15 is 0 Å². The number of unbranched alkanes of at least 4 members (excludes halogenated alkanes) is 1. The van der Waals surface area contributed by atoms with Crippen LogP contribution in [0.3, 0.4) is 0 Å². The smallest absolute Gasteiger partial charge is 0.306 e. The summed E-state index contributed by atoms with van der Waals surface area (Å²) in [6, 6.07) is 0.599. The number of fused-ring (bicyclic) bond motifs is 2. The summed E-state index contributed by atoms with van der Waals surface area (Å²) in [7, 11) is 2.07. The summed E-state index contributed by atoms with van der Waals surface area (Å²) >= 11 is 0. The quantitative estimate of drug-likeness (QED) is 0.754. The van der Waals surface area contributed by atoms with Crippen LogP contribution in [0.4, 0.5) is 0 Å². The minimum atomic E-state index is -0.222. The van der Waals surface area contributed by atoms with Crippen molar-refractivity contribution in [3.05, 3.63) is 0 Å². The first-order chi connectivity index (χ1) is 8.11. The molecule has 0 spiro atoms. The van der Waals surface area contributed by atoms with E-state index in [-0.39, 0.29) is 24.2 Å². The second-order valence-electron chi connectivity index (χ2n) is 5.38. The largest absolute Gasteiger partial charge is 0.461 e. The molecule has 0 aliphatic carbocycles. The van der Waals surface area contributed by atoms with Crippen molar-refractivity contribution in [1.82, 2.24) is 4.90 Å². The second-order valence-corrected chi connectivity index (χ2v) is 5.38. The van der Waals surface area contributed by atoms with E-state index in [9.17, 15) is 9.90 Å². The van der Waals surface area contributed by atoms with Crippen molar-refractivity contribution < 1.29 is 14.6 Å². The van der Waals surface area contributed by atoms with Crippen molar-refractivity contribution in [2.45, 2.75) is 69.7 Å². The molecule has 0 amide bonds. The van der Waals surface area contributed by atoms with Crippen LogP contribution in [0.25, 0.3) is 0 Å². The highest BCUT2D eigenvalue weighted by Crippen LogP contribution is 2.36. The van der Waals surface area contributed by atoms with E-state index in [1.54, 1.807) is 0 Å². The first-order valence-corrected chi connectivity index (χ1v) is 6.71. The maximum Gasteiger partial charge on any atom is 0.306 e. The van der Waals surface area contributed by atoms with E-state index in [0.29, 0.717) is 12.5 Å². The molecule has 98 valence electrons. The van der Waals surface area contributed by atoms with E-state index in [0.717, 1.165) is 32.1 Å². The predicted molar refractivity (Wildman–Crippen MR) is 64.6 cm³/mol. The number of nitrogens with zero attached hydrogens (tertiary/aromatic N) is 1. The molecule has 2 aliphatic heterocycles. The van der Waals surface area contributed by atoms with E-state index in [4.69, 9.17) is 4.74 Å². The molecule has 4 nitrogen and oxygen atoms in total. The van der Waals surface area contributed by atoms with Gasteiger partial charge in [-0.05, 0) is 26.3 Å². The lowest BCUT2D eigenvalue weighted by atomic mass is 10.0. The van der Waals surface area contributed by atoms with Gasteiger partial charge in [-0.2, -0.15) is 0 Å². The third-order valence-electron chi connectivity index (χ3n) is 4.11. The highest BCUT2D eigenvalue weighted by atomic mass is 16.5. The molecule has 0 aromatic heterocycles. The Balaban J connectivity index is 1.88. The SMILES string of the molecule is CCCCC(=O)OC1C[C@@H]2CC(O)C[C@H]1N2C. The van der Waals surface area contributed by atoms with Crippen molar-refractivity contribution in [1.29, 1.82) is 0 Å². The summed E-state index contributed by atoms with van der Waals surface area (Å²) in [6.07, 6.45) is 4.65. The third-order valence-corrected chi connectivity index (χ3v) is 4.11. The molecule has 2 bridgehead atoms. The monoisotopic (exact) mass is 241 g/mol. The fourth-order valence-corrected chi connectivity index (χ4v) is 3.07. The number of rotatable bonds is 4. The first kappa shape index (κ1) is 12.8. The maximum atomic E-state index is 11.6. The number of carbonyl (C=O) groups is 1. The van der Waals surface area contributed by atoms with Crippen molar-refractivity contribution in [2.24, 2.45) is 0 Å². The molecule has 0 saturated carbocycles. The van der Waals surface area contributed by atoms with Crippen LogP contribution in [-0.2, 0) is 9.53 Å². The van der Waals surface area contributed by atoms with Crippen LogP contribution in [0.2, 0.25) is 0 Å². The van der Waals surface area contributed by atoms with E-state index in [2.05, 4.69) is 18.9 Å². The maximum absolute atomic E-state index is 11.6. The average Bonchev–Trinajstić information content (AvgIpc) is 2.48. The highest BCUT2D eigenvalue weighted by molar-refractivity contribution is 5.69. The van der Waals surface area contributed by atoms with Gasteiger partial charge in [-0.25, -0.2) is 0 Å². The molecule has 2 fully saturated rings. The number of aliphatic hydroxyl groups is 1. The topological polar surface area (TPSA) is 49.8 Å². The minimum absolute atomic E-state index is 0.00786. The van der Waals surface area contributed by atoms with E-state index < -0.39 is 0 Å². The fourth-order valence-electron chi connectivity index (χ4n) is 3.07. The zero-order chi connectivity index (χ0) is 12.4. The van der Waals surface area contributed by atoms with Crippen LogP contribution in [0.1, 0.15) is 45.4 Å². The molecular formula is C13H23NO3. The van der Waals surface area contributed by atoms with E-state index in [1.165, 1.54) is 0 Å². The lowest BCUT2D eigenvalue weighted by molar-refractivity contribution is -0.150. The van der Waals surface area contributed by atoms with Gasteiger partial charge < -0.3 is 9.84 Å². The summed E-state index contributed by atoms with van der Waals surface area (Å²) in [6.45, 7) is 2.07. The molecule has 2 heterocycles. The summed E-state index contributed by atoms with van der Waals surface area (Å²) < 4.78 is 5.55. The molecule has 0 radical (unpaired) electrons. The number of ether oxygens (including phenoxy) is 1. The van der Waals surface area contributed by atoms with Crippen molar-refractivity contribution in [3.63, 3.8) is 0 Å². The third kappa shape index (κ3) is 2.80. The Labute approximate surface area is 103 Å². The van der Waals surface area contributed by atoms with Gasteiger partial charge in [0.15, 0.2) is 0 Å². The Hall–Kier alpha value is -0.610. The van der Waals surface area contributed by atoms with Crippen LogP contribution in [0, 0.1) is 0 Å². The molecule has 17 heavy (non-hydrogen) atoms. The van der Waals surface area contributed by atoms with E-state index in [1.807, 2.05) is 0 Å². The number of hydrogen-bond donors (Lipinski definition) is 1. The fraction of sp³-hybridized carbons (Fsp3) is 0.923. The minimum Gasteiger partial charge on any atom is -0.461 e. The van der Waals surface area contributed by atoms with Gasteiger partial charge in [0.2, 0.25) is 0 Å². The van der Waals surface area contributed by atoms with Crippen LogP contribution < -0.4 is 0 Å². The molecule has 0 aromatic carbocycles. The number of piperidine rings is 1. The van der Waals surface area contributed by atoms with Gasteiger partial charge in [0.05, 0.1) is 6.10 Å². The van der Waals surface area contributed by atoms with Gasteiger partial charge >= 0.3 is 5.97 Å². The van der Waals surface area contributed by atoms with Gasteiger partial charge in [0, 0.05) is 24.9 Å². The van der Waals surface area contributed by atoms with Crippen molar-refractivity contribution in [2.75, 3.05) is 7.05 Å². The molecular weight excluding hydrogens is 218 g/mol. The number of aliphatic hydroxyl groups excluding tert-OH is 1. The Kier molecular flexibility index (Phi) is 4.05. The number of carbonyl (C=O) groups excluding carboxylic acids is 1. The highest BCUT2D eigenvalue weighted by Gasteiger charge is 2.46. The van der Waals surface area contributed by atoms with Gasteiger partial charge in [-0.15, -0.1) is 0 Å². The second kappa shape index (κ2) is 5.36. The van der Waals surface area contributed by atoms with Crippen LogP contribution in [0.15, 0.2) is 0 Å².